The summed E-state index contributed by atoms with van der Waals surface area (Å²) < 4.78 is 5.40. The molecule has 1 saturated heterocycles. The van der Waals surface area contributed by atoms with Gasteiger partial charge in [0.2, 0.25) is 0 Å². The van der Waals surface area contributed by atoms with Crippen molar-refractivity contribution in [3.63, 3.8) is 0 Å². The molecule has 0 aromatic carbocycles. The van der Waals surface area contributed by atoms with E-state index in [1.54, 1.807) is 6.92 Å². The van der Waals surface area contributed by atoms with Crippen molar-refractivity contribution >= 4 is 5.97 Å². The molecule has 1 aliphatic heterocycles. The zero-order valence-electron chi connectivity index (χ0n) is 20.6. The van der Waals surface area contributed by atoms with Crippen LogP contribution in [0, 0.1) is 23.2 Å². The Balaban J connectivity index is 1.42. The van der Waals surface area contributed by atoms with Crippen molar-refractivity contribution in [2.75, 3.05) is 0 Å². The highest BCUT2D eigenvalue weighted by atomic mass is 16.6. The molecule has 5 heteroatoms. The largest absolute Gasteiger partial charge is 0.460 e. The molecule has 0 aromatic rings. The molecular weight excluding hydrogens is 416 g/mol. The van der Waals surface area contributed by atoms with Crippen LogP contribution in [0.4, 0.5) is 0 Å². The molecule has 3 saturated carbocycles. The number of fused-ring (bicyclic) bond motifs is 1. The molecule has 4 rings (SSSR count). The van der Waals surface area contributed by atoms with E-state index in [-0.39, 0.29) is 11.5 Å². The van der Waals surface area contributed by atoms with Crippen LogP contribution in [-0.2, 0) is 9.53 Å². The van der Waals surface area contributed by atoms with Crippen molar-refractivity contribution in [3.05, 3.63) is 35.5 Å². The minimum atomic E-state index is -1.33. The van der Waals surface area contributed by atoms with Gasteiger partial charge in [0.15, 0.2) is 5.60 Å². The summed E-state index contributed by atoms with van der Waals surface area (Å²) in [7, 11) is 0. The fourth-order valence-corrected chi connectivity index (χ4v) is 7.34. The molecule has 1 heterocycles. The van der Waals surface area contributed by atoms with Crippen molar-refractivity contribution in [1.29, 1.82) is 0 Å². The predicted octanol–water partition coefficient (Wildman–Crippen LogP) is 4.61. The van der Waals surface area contributed by atoms with Gasteiger partial charge in [-0.3, -0.25) is 0 Å². The van der Waals surface area contributed by atoms with Crippen molar-refractivity contribution in [3.8, 4) is 0 Å². The Morgan fingerprint density at radius 3 is 2.70 bits per heavy atom. The van der Waals surface area contributed by atoms with Crippen LogP contribution >= 0.6 is 0 Å². The topological polar surface area (TPSA) is 87.0 Å². The van der Waals surface area contributed by atoms with Crippen LogP contribution in [0.2, 0.25) is 0 Å². The van der Waals surface area contributed by atoms with Gasteiger partial charge in [0.25, 0.3) is 0 Å². The van der Waals surface area contributed by atoms with Gasteiger partial charge in [-0.1, -0.05) is 38.2 Å². The molecule has 0 aromatic heterocycles. The van der Waals surface area contributed by atoms with Crippen LogP contribution in [0.15, 0.2) is 35.5 Å². The van der Waals surface area contributed by atoms with Crippen molar-refractivity contribution in [1.82, 2.24) is 0 Å². The maximum atomic E-state index is 11.8. The molecule has 8 atom stereocenters. The third kappa shape index (κ3) is 4.87. The summed E-state index contributed by atoms with van der Waals surface area (Å²) in [5.41, 5.74) is 2.19. The monoisotopic (exact) mass is 458 g/mol. The highest BCUT2D eigenvalue weighted by Gasteiger charge is 2.51. The number of aliphatic hydroxyl groups is 3. The minimum absolute atomic E-state index is 0.164. The van der Waals surface area contributed by atoms with E-state index in [0.717, 1.165) is 30.4 Å². The molecule has 3 aliphatic carbocycles. The summed E-state index contributed by atoms with van der Waals surface area (Å²) in [5.74, 6) is 1.28. The van der Waals surface area contributed by atoms with Crippen LogP contribution in [0.5, 0.6) is 0 Å². The number of esters is 1. The SMILES string of the molecule is C=C1/C(=C\C=C2/CCC[C@@]3(C)C2CCC3[C@H](C)CC[C@H]2C[C@@](C)(O)C(=O)O2)CC(O)C[C@@H]1O. The zero-order chi connectivity index (χ0) is 24.0. The highest BCUT2D eigenvalue weighted by Crippen LogP contribution is 2.60. The molecule has 184 valence electrons. The number of carbonyl (C=O) groups is 1. The Kier molecular flexibility index (Phi) is 6.97. The number of hydrogen-bond acceptors (Lipinski definition) is 5. The Morgan fingerprint density at radius 1 is 1.24 bits per heavy atom. The van der Waals surface area contributed by atoms with Gasteiger partial charge in [0.1, 0.15) is 6.10 Å². The molecule has 3 N–H and O–H groups in total. The van der Waals surface area contributed by atoms with Gasteiger partial charge in [-0.25, -0.2) is 4.79 Å². The second-order valence-corrected chi connectivity index (χ2v) is 11.7. The minimum Gasteiger partial charge on any atom is -0.460 e. The normalized spacial score (nSPS) is 44.8. The van der Waals surface area contributed by atoms with E-state index >= 15 is 0 Å². The van der Waals surface area contributed by atoms with E-state index in [0.29, 0.717) is 37.0 Å². The van der Waals surface area contributed by atoms with E-state index in [2.05, 4.69) is 32.6 Å². The van der Waals surface area contributed by atoms with Crippen LogP contribution in [0.25, 0.3) is 0 Å². The maximum Gasteiger partial charge on any atom is 0.338 e. The van der Waals surface area contributed by atoms with Crippen molar-refractivity contribution < 1.29 is 24.9 Å². The lowest BCUT2D eigenvalue weighted by Crippen LogP contribution is -2.36. The van der Waals surface area contributed by atoms with E-state index in [1.807, 2.05) is 0 Å². The first kappa shape index (κ1) is 24.7. The van der Waals surface area contributed by atoms with Crippen molar-refractivity contribution in [2.45, 2.75) is 109 Å². The number of allylic oxidation sites excluding steroid dienone is 3. The Labute approximate surface area is 198 Å². The first-order valence-corrected chi connectivity index (χ1v) is 12.9. The van der Waals surface area contributed by atoms with E-state index in [9.17, 15) is 20.1 Å². The smallest absolute Gasteiger partial charge is 0.338 e. The van der Waals surface area contributed by atoms with Gasteiger partial charge in [-0.15, -0.1) is 0 Å². The third-order valence-electron chi connectivity index (χ3n) is 9.27. The zero-order valence-corrected chi connectivity index (χ0v) is 20.6. The molecule has 33 heavy (non-hydrogen) atoms. The summed E-state index contributed by atoms with van der Waals surface area (Å²) >= 11 is 0. The Hall–Kier alpha value is -1.43. The molecule has 0 amide bonds. The standard InChI is InChI=1S/C28H42O5/c1-17(7-10-22-16-28(4,32)26(31)33-22)23-11-12-24-19(6-5-13-27(23,24)3)8-9-20-14-21(29)15-25(30)18(20)2/h8-9,17,21-25,29-30,32H,2,5-7,10-16H2,1,3-4H3/b19-8+,20-9-/t17-,21?,22+,23?,24?,25+,27-,28-/m1/s1. The summed E-state index contributed by atoms with van der Waals surface area (Å²) in [6.07, 6.45) is 12.2. The van der Waals surface area contributed by atoms with E-state index in [4.69, 9.17) is 4.74 Å². The number of cyclic esters (lactones) is 1. The van der Waals surface area contributed by atoms with E-state index < -0.39 is 23.8 Å². The lowest BCUT2D eigenvalue weighted by Gasteiger charge is -2.44. The second kappa shape index (κ2) is 9.31. The van der Waals surface area contributed by atoms with Gasteiger partial charge in [0.05, 0.1) is 12.2 Å². The van der Waals surface area contributed by atoms with Crippen LogP contribution in [0.3, 0.4) is 0 Å². The molecule has 5 nitrogen and oxygen atoms in total. The third-order valence-corrected chi connectivity index (χ3v) is 9.27. The van der Waals surface area contributed by atoms with Crippen LogP contribution in [-0.4, -0.2) is 45.2 Å². The Morgan fingerprint density at radius 2 is 2.00 bits per heavy atom. The summed E-state index contributed by atoms with van der Waals surface area (Å²) in [4.78, 5) is 11.8. The van der Waals surface area contributed by atoms with Gasteiger partial charge in [0, 0.05) is 12.8 Å². The Bertz CT molecular complexity index is 839. The molecule has 4 aliphatic rings. The first-order valence-electron chi connectivity index (χ1n) is 12.9. The molecule has 0 spiro atoms. The van der Waals surface area contributed by atoms with Crippen LogP contribution < -0.4 is 0 Å². The number of aliphatic hydroxyl groups excluding tert-OH is 2. The highest BCUT2D eigenvalue weighted by molar-refractivity contribution is 5.80. The molecule has 0 radical (unpaired) electrons. The quantitative estimate of drug-likeness (QED) is 0.524. The van der Waals surface area contributed by atoms with Gasteiger partial charge < -0.3 is 20.1 Å². The second-order valence-electron chi connectivity index (χ2n) is 11.7. The first-order chi connectivity index (χ1) is 15.5. The fourth-order valence-electron chi connectivity index (χ4n) is 7.34. The number of hydrogen-bond donors (Lipinski definition) is 3. The predicted molar refractivity (Wildman–Crippen MR) is 128 cm³/mol. The lowest BCUT2D eigenvalue weighted by molar-refractivity contribution is -0.153. The van der Waals surface area contributed by atoms with Crippen molar-refractivity contribution in [2.24, 2.45) is 23.2 Å². The average Bonchev–Trinajstić information content (AvgIpc) is 3.23. The van der Waals surface area contributed by atoms with Gasteiger partial charge in [-0.2, -0.15) is 0 Å². The lowest BCUT2D eigenvalue weighted by atomic mass is 9.60. The summed E-state index contributed by atoms with van der Waals surface area (Å²) in [6.45, 7) is 10.4. The summed E-state index contributed by atoms with van der Waals surface area (Å²) in [5, 5.41) is 30.3. The fraction of sp³-hybridized carbons (Fsp3) is 0.750. The molecule has 0 bridgehead atoms. The van der Waals surface area contributed by atoms with Crippen LogP contribution in [0.1, 0.15) is 85.0 Å². The van der Waals surface area contributed by atoms with Gasteiger partial charge >= 0.3 is 5.97 Å². The van der Waals surface area contributed by atoms with E-state index in [1.165, 1.54) is 31.3 Å². The summed E-state index contributed by atoms with van der Waals surface area (Å²) in [6, 6.07) is 0. The molecular formula is C28H42O5. The molecule has 4 fully saturated rings. The molecule has 3 unspecified atom stereocenters. The number of carbonyl (C=O) groups excluding carboxylic acids is 1. The maximum absolute atomic E-state index is 11.8. The number of ether oxygens (including phenoxy) is 1. The average molecular weight is 459 g/mol. The van der Waals surface area contributed by atoms with Gasteiger partial charge in [-0.05, 0) is 92.6 Å². The number of rotatable bonds is 5.